The third kappa shape index (κ3) is 2.95. The summed E-state index contributed by atoms with van der Waals surface area (Å²) in [6.07, 6.45) is 7.16. The first-order chi connectivity index (χ1) is 9.24. The fourth-order valence-corrected chi connectivity index (χ4v) is 4.13. The lowest BCUT2D eigenvalue weighted by Gasteiger charge is -2.38. The second kappa shape index (κ2) is 5.80. The molecule has 3 fully saturated rings. The van der Waals surface area contributed by atoms with E-state index in [9.17, 15) is 4.79 Å². The molecule has 108 valence electrons. The normalized spacial score (nSPS) is 32.8. The van der Waals surface area contributed by atoms with Gasteiger partial charge >= 0.3 is 0 Å². The van der Waals surface area contributed by atoms with Crippen LogP contribution in [0.15, 0.2) is 0 Å². The number of fused-ring (bicyclic) bond motifs is 2. The van der Waals surface area contributed by atoms with E-state index in [0.29, 0.717) is 0 Å². The first-order valence-electron chi connectivity index (χ1n) is 7.97. The first kappa shape index (κ1) is 13.4. The number of hydrogen-bond acceptors (Lipinski definition) is 3. The molecule has 0 unspecified atom stereocenters. The van der Waals surface area contributed by atoms with Crippen molar-refractivity contribution in [2.45, 2.75) is 51.1 Å². The fraction of sp³-hybridized carbons (Fsp3) is 0.933. The summed E-state index contributed by atoms with van der Waals surface area (Å²) in [7, 11) is 0. The van der Waals surface area contributed by atoms with Gasteiger partial charge in [-0.25, -0.2) is 0 Å². The number of hydrogen-bond donors (Lipinski definition) is 0. The van der Waals surface area contributed by atoms with Crippen molar-refractivity contribution in [1.82, 2.24) is 14.7 Å². The predicted octanol–water partition coefficient (Wildman–Crippen LogP) is 1.17. The van der Waals surface area contributed by atoms with Crippen LogP contribution < -0.4 is 0 Å². The van der Waals surface area contributed by atoms with Crippen molar-refractivity contribution >= 4 is 5.91 Å². The zero-order valence-electron chi connectivity index (χ0n) is 12.2. The van der Waals surface area contributed by atoms with Gasteiger partial charge in [-0.2, -0.15) is 0 Å². The average molecular weight is 265 g/mol. The SMILES string of the molecule is CC(=O)N1CCN(CCN2[C@@H]3CCC[C@@H]2CC3)CC1. The molecule has 1 amide bonds. The molecular formula is C15H27N3O. The maximum atomic E-state index is 11.3. The highest BCUT2D eigenvalue weighted by molar-refractivity contribution is 5.73. The third-order valence-corrected chi connectivity index (χ3v) is 5.34. The second-order valence-electron chi connectivity index (χ2n) is 6.40. The third-order valence-electron chi connectivity index (χ3n) is 5.34. The predicted molar refractivity (Wildman–Crippen MR) is 76.1 cm³/mol. The summed E-state index contributed by atoms with van der Waals surface area (Å²) < 4.78 is 0. The Balaban J connectivity index is 1.42. The van der Waals surface area contributed by atoms with E-state index in [0.717, 1.165) is 38.3 Å². The number of carbonyl (C=O) groups is 1. The van der Waals surface area contributed by atoms with Crippen LogP contribution in [0.25, 0.3) is 0 Å². The Bertz CT molecular complexity index is 309. The van der Waals surface area contributed by atoms with Gasteiger partial charge in [0.2, 0.25) is 5.91 Å². The number of piperazine rings is 1. The summed E-state index contributed by atoms with van der Waals surface area (Å²) in [4.78, 5) is 18.6. The van der Waals surface area contributed by atoms with Gasteiger partial charge in [0.15, 0.2) is 0 Å². The zero-order chi connectivity index (χ0) is 13.2. The van der Waals surface area contributed by atoms with Crippen LogP contribution in [-0.2, 0) is 4.79 Å². The van der Waals surface area contributed by atoms with Crippen molar-refractivity contribution in [1.29, 1.82) is 0 Å². The van der Waals surface area contributed by atoms with E-state index < -0.39 is 0 Å². The molecule has 0 N–H and O–H groups in total. The van der Waals surface area contributed by atoms with Crippen LogP contribution in [0, 0.1) is 0 Å². The largest absolute Gasteiger partial charge is 0.340 e. The smallest absolute Gasteiger partial charge is 0.219 e. The van der Waals surface area contributed by atoms with E-state index in [1.807, 2.05) is 4.90 Å². The second-order valence-corrected chi connectivity index (χ2v) is 6.40. The Kier molecular flexibility index (Phi) is 4.08. The molecule has 3 heterocycles. The van der Waals surface area contributed by atoms with Gasteiger partial charge in [0, 0.05) is 58.3 Å². The lowest BCUT2D eigenvalue weighted by atomic mass is 10.0. The molecule has 2 bridgehead atoms. The number of piperidine rings is 1. The van der Waals surface area contributed by atoms with Gasteiger partial charge < -0.3 is 4.90 Å². The molecule has 19 heavy (non-hydrogen) atoms. The fourth-order valence-electron chi connectivity index (χ4n) is 4.13. The van der Waals surface area contributed by atoms with Crippen LogP contribution in [0.4, 0.5) is 0 Å². The lowest BCUT2D eigenvalue weighted by molar-refractivity contribution is -0.130. The number of rotatable bonds is 3. The van der Waals surface area contributed by atoms with Crippen LogP contribution in [0.3, 0.4) is 0 Å². The number of carbonyl (C=O) groups excluding carboxylic acids is 1. The summed E-state index contributed by atoms with van der Waals surface area (Å²) in [6, 6.07) is 1.77. The maximum Gasteiger partial charge on any atom is 0.219 e. The van der Waals surface area contributed by atoms with Crippen molar-refractivity contribution in [2.75, 3.05) is 39.3 Å². The molecule has 4 nitrogen and oxygen atoms in total. The molecule has 3 aliphatic rings. The number of nitrogens with zero attached hydrogens (tertiary/aromatic N) is 3. The molecule has 0 saturated carbocycles. The summed E-state index contributed by atoms with van der Waals surface area (Å²) in [5.41, 5.74) is 0. The molecular weight excluding hydrogens is 238 g/mol. The summed E-state index contributed by atoms with van der Waals surface area (Å²) >= 11 is 0. The van der Waals surface area contributed by atoms with Crippen LogP contribution in [0.5, 0.6) is 0 Å². The Morgan fingerprint density at radius 2 is 1.58 bits per heavy atom. The molecule has 0 radical (unpaired) electrons. The quantitative estimate of drug-likeness (QED) is 0.766. The topological polar surface area (TPSA) is 26.8 Å². The van der Waals surface area contributed by atoms with E-state index in [-0.39, 0.29) is 5.91 Å². The zero-order valence-corrected chi connectivity index (χ0v) is 12.2. The monoisotopic (exact) mass is 265 g/mol. The molecule has 3 rings (SSSR count). The Morgan fingerprint density at radius 3 is 2.16 bits per heavy atom. The van der Waals surface area contributed by atoms with Crippen molar-refractivity contribution in [3.8, 4) is 0 Å². The van der Waals surface area contributed by atoms with E-state index in [1.54, 1.807) is 6.92 Å². The van der Waals surface area contributed by atoms with Gasteiger partial charge in [0.05, 0.1) is 0 Å². The van der Waals surface area contributed by atoms with Gasteiger partial charge in [-0.1, -0.05) is 6.42 Å². The molecule has 0 aromatic rings. The molecule has 0 spiro atoms. The minimum absolute atomic E-state index is 0.230. The molecule has 4 heteroatoms. The molecule has 0 aromatic heterocycles. The minimum Gasteiger partial charge on any atom is -0.340 e. The highest BCUT2D eigenvalue weighted by Gasteiger charge is 2.36. The van der Waals surface area contributed by atoms with Crippen LogP contribution in [-0.4, -0.2) is 72.0 Å². The Hall–Kier alpha value is -0.610. The van der Waals surface area contributed by atoms with Gasteiger partial charge in [-0.3, -0.25) is 14.6 Å². The number of amides is 1. The van der Waals surface area contributed by atoms with Crippen molar-refractivity contribution in [3.63, 3.8) is 0 Å². The van der Waals surface area contributed by atoms with E-state index in [2.05, 4.69) is 9.80 Å². The first-order valence-corrected chi connectivity index (χ1v) is 7.97. The molecule has 3 aliphatic heterocycles. The van der Waals surface area contributed by atoms with Gasteiger partial charge in [0.25, 0.3) is 0 Å². The van der Waals surface area contributed by atoms with E-state index in [1.165, 1.54) is 45.2 Å². The van der Waals surface area contributed by atoms with Crippen LogP contribution >= 0.6 is 0 Å². The average Bonchev–Trinajstić information content (AvgIpc) is 2.65. The van der Waals surface area contributed by atoms with Crippen molar-refractivity contribution in [3.05, 3.63) is 0 Å². The Labute approximate surface area is 116 Å². The standard InChI is InChI=1S/C15H27N3O/c1-13(19)17-10-7-16(8-11-17)9-12-18-14-3-2-4-15(18)6-5-14/h14-15H,2-12H2,1H3/t14-,15-/m1/s1. The molecule has 0 aliphatic carbocycles. The highest BCUT2D eigenvalue weighted by Crippen LogP contribution is 2.34. The molecule has 3 saturated heterocycles. The van der Waals surface area contributed by atoms with E-state index in [4.69, 9.17) is 0 Å². The highest BCUT2D eigenvalue weighted by atomic mass is 16.2. The Morgan fingerprint density at radius 1 is 0.947 bits per heavy atom. The van der Waals surface area contributed by atoms with E-state index >= 15 is 0 Å². The summed E-state index contributed by atoms with van der Waals surface area (Å²) in [6.45, 7) is 8.07. The summed E-state index contributed by atoms with van der Waals surface area (Å²) in [5, 5.41) is 0. The van der Waals surface area contributed by atoms with Gasteiger partial charge in [0.1, 0.15) is 0 Å². The maximum absolute atomic E-state index is 11.3. The molecule has 0 aromatic carbocycles. The van der Waals surface area contributed by atoms with Crippen LogP contribution in [0.2, 0.25) is 0 Å². The minimum atomic E-state index is 0.230. The van der Waals surface area contributed by atoms with Gasteiger partial charge in [-0.15, -0.1) is 0 Å². The van der Waals surface area contributed by atoms with Crippen molar-refractivity contribution in [2.24, 2.45) is 0 Å². The van der Waals surface area contributed by atoms with Gasteiger partial charge in [-0.05, 0) is 25.7 Å². The summed E-state index contributed by atoms with van der Waals surface area (Å²) in [5.74, 6) is 0.230. The van der Waals surface area contributed by atoms with Crippen LogP contribution in [0.1, 0.15) is 39.0 Å². The molecule has 2 atom stereocenters. The van der Waals surface area contributed by atoms with Crippen molar-refractivity contribution < 1.29 is 4.79 Å². The lowest BCUT2D eigenvalue weighted by Crippen LogP contribution is -2.51.